The number of esters is 1. The summed E-state index contributed by atoms with van der Waals surface area (Å²) in [6.07, 6.45) is 7.70. The van der Waals surface area contributed by atoms with Gasteiger partial charge >= 0.3 is 5.97 Å². The molecule has 3 aliphatic rings. The first-order chi connectivity index (χ1) is 18.2. The molecule has 1 aromatic carbocycles. The molecule has 2 amide bonds. The van der Waals surface area contributed by atoms with E-state index < -0.39 is 5.41 Å². The van der Waals surface area contributed by atoms with Crippen molar-refractivity contribution in [2.75, 3.05) is 13.2 Å². The first-order valence-corrected chi connectivity index (χ1v) is 13.4. The Labute approximate surface area is 222 Å². The van der Waals surface area contributed by atoms with Gasteiger partial charge in [-0.2, -0.15) is 0 Å². The van der Waals surface area contributed by atoms with Crippen LogP contribution in [0.4, 0.5) is 0 Å². The predicted octanol–water partition coefficient (Wildman–Crippen LogP) is 3.16. The Bertz CT molecular complexity index is 1240. The normalized spacial score (nSPS) is 24.7. The Morgan fingerprint density at radius 3 is 2.37 bits per heavy atom. The maximum absolute atomic E-state index is 12.9. The highest BCUT2D eigenvalue weighted by atomic mass is 16.5. The zero-order chi connectivity index (χ0) is 27.0. The topological polar surface area (TPSA) is 111 Å². The molecule has 0 radical (unpaired) electrons. The maximum atomic E-state index is 12.9. The zero-order valence-corrected chi connectivity index (χ0v) is 22.1. The van der Waals surface area contributed by atoms with Crippen molar-refractivity contribution in [2.24, 2.45) is 29.1 Å². The van der Waals surface area contributed by atoms with Crippen LogP contribution in [-0.4, -0.2) is 56.6 Å². The third kappa shape index (κ3) is 4.81. The van der Waals surface area contributed by atoms with E-state index in [9.17, 15) is 19.2 Å². The summed E-state index contributed by atoms with van der Waals surface area (Å²) in [6, 6.07) is 9.52. The third-order valence-corrected chi connectivity index (χ3v) is 8.15. The first-order valence-electron chi connectivity index (χ1n) is 13.4. The minimum absolute atomic E-state index is 0.128. The number of fused-ring (bicyclic) bond motifs is 5. The Morgan fingerprint density at radius 2 is 1.74 bits per heavy atom. The number of hydrogen-bond acceptors (Lipinski definition) is 7. The minimum atomic E-state index is -0.749. The highest BCUT2D eigenvalue weighted by molar-refractivity contribution is 6.08. The Morgan fingerprint density at radius 1 is 1.08 bits per heavy atom. The van der Waals surface area contributed by atoms with Gasteiger partial charge in [0.15, 0.2) is 5.78 Å². The van der Waals surface area contributed by atoms with Gasteiger partial charge in [0.05, 0.1) is 42.1 Å². The van der Waals surface area contributed by atoms with Crippen LogP contribution in [-0.2, 0) is 30.3 Å². The van der Waals surface area contributed by atoms with E-state index >= 15 is 0 Å². The van der Waals surface area contributed by atoms with E-state index in [1.807, 2.05) is 56.3 Å². The van der Waals surface area contributed by atoms with Crippen LogP contribution in [0.15, 0.2) is 48.7 Å². The fourth-order valence-electron chi connectivity index (χ4n) is 6.16. The summed E-state index contributed by atoms with van der Waals surface area (Å²) < 4.78 is 7.01. The fourth-order valence-corrected chi connectivity index (χ4v) is 6.16. The number of nitrogens with zero attached hydrogens (tertiary/aromatic N) is 4. The Hall–Kier alpha value is -3.62. The second-order valence-corrected chi connectivity index (χ2v) is 11.2. The van der Waals surface area contributed by atoms with Gasteiger partial charge in [0, 0.05) is 19.0 Å². The molecular formula is C29H34N4O5. The lowest BCUT2D eigenvalue weighted by Crippen LogP contribution is -2.37. The maximum Gasteiger partial charge on any atom is 0.311 e. The number of hydrogen-bond donors (Lipinski definition) is 0. The number of ketones is 1. The molecule has 0 spiro atoms. The van der Waals surface area contributed by atoms with E-state index in [0.29, 0.717) is 25.1 Å². The molecule has 38 heavy (non-hydrogen) atoms. The van der Waals surface area contributed by atoms with Crippen LogP contribution in [0.1, 0.15) is 57.3 Å². The molecule has 1 aromatic heterocycles. The molecule has 2 fully saturated rings. The number of ether oxygens (including phenoxy) is 1. The van der Waals surface area contributed by atoms with Crippen molar-refractivity contribution >= 4 is 23.6 Å². The van der Waals surface area contributed by atoms with E-state index in [4.69, 9.17) is 4.74 Å². The van der Waals surface area contributed by atoms with E-state index in [2.05, 4.69) is 10.3 Å². The van der Waals surface area contributed by atoms with Crippen LogP contribution in [0.25, 0.3) is 0 Å². The Balaban J connectivity index is 1.23. The Kier molecular flexibility index (Phi) is 7.03. The van der Waals surface area contributed by atoms with Crippen LogP contribution in [0.3, 0.4) is 0 Å². The number of allylic oxidation sites excluding steroid dienone is 2. The molecule has 5 atom stereocenters. The van der Waals surface area contributed by atoms with Crippen molar-refractivity contribution in [3.8, 4) is 0 Å². The van der Waals surface area contributed by atoms with Crippen molar-refractivity contribution in [3.63, 3.8) is 0 Å². The van der Waals surface area contributed by atoms with E-state index in [1.165, 1.54) is 4.90 Å². The molecule has 1 aliphatic heterocycles. The molecule has 1 saturated carbocycles. The third-order valence-electron chi connectivity index (χ3n) is 8.15. The standard InChI is InChI=1S/C29H34N4O5/c1-4-38-28(37)29(2,3)15-23(18-8-6-5-7-9-18)33-16-21(30-31-33)12-13-22(34)17-32-26(35)24-19-10-11-20(14-19)25(24)27(32)36/h5-11,16,19-20,23-25H,4,12-15,17H2,1-3H3/t19?,20?,23?,24-,25+. The largest absolute Gasteiger partial charge is 0.466 e. The van der Waals surface area contributed by atoms with E-state index in [0.717, 1.165) is 12.0 Å². The van der Waals surface area contributed by atoms with Gasteiger partial charge in [-0.15, -0.1) is 5.10 Å². The average molecular weight is 519 g/mol. The molecule has 9 nitrogen and oxygen atoms in total. The van der Waals surface area contributed by atoms with E-state index in [-0.39, 0.29) is 66.2 Å². The zero-order valence-electron chi connectivity index (χ0n) is 22.1. The lowest BCUT2D eigenvalue weighted by Gasteiger charge is -2.28. The summed E-state index contributed by atoms with van der Waals surface area (Å²) >= 11 is 0. The molecule has 2 bridgehead atoms. The molecule has 0 N–H and O–H groups in total. The number of Topliss-reactive ketones (excluding diaryl/α,β-unsaturated/α-hetero) is 1. The van der Waals surface area contributed by atoms with Crippen LogP contribution in [0.2, 0.25) is 0 Å². The van der Waals surface area contributed by atoms with E-state index in [1.54, 1.807) is 17.8 Å². The highest BCUT2D eigenvalue weighted by Crippen LogP contribution is 2.52. The number of benzene rings is 1. The van der Waals surface area contributed by atoms with Gasteiger partial charge in [-0.05, 0) is 51.0 Å². The SMILES string of the molecule is CCOC(=O)C(C)(C)CC(c1ccccc1)n1cc(CCC(=O)CN2C(=O)[C@@H]3C4C=CC(C4)[C@@H]3C2=O)nn1. The van der Waals surface area contributed by atoms with Crippen LogP contribution in [0.5, 0.6) is 0 Å². The molecule has 2 aromatic rings. The van der Waals surface area contributed by atoms with Crippen LogP contribution < -0.4 is 0 Å². The molecule has 5 rings (SSSR count). The number of aromatic nitrogens is 3. The fraction of sp³-hybridized carbons (Fsp3) is 0.517. The summed E-state index contributed by atoms with van der Waals surface area (Å²) in [5, 5.41) is 8.60. The number of carbonyl (C=O) groups excluding carboxylic acids is 4. The monoisotopic (exact) mass is 518 g/mol. The number of rotatable bonds is 11. The molecule has 2 heterocycles. The molecule has 3 unspecified atom stereocenters. The second-order valence-electron chi connectivity index (χ2n) is 11.2. The summed E-state index contributed by atoms with van der Waals surface area (Å²) in [5.74, 6) is -1.18. The number of carbonyl (C=O) groups is 4. The predicted molar refractivity (Wildman–Crippen MR) is 137 cm³/mol. The molecule has 2 aliphatic carbocycles. The number of likely N-dealkylation sites (tertiary alicyclic amines) is 1. The van der Waals surface area contributed by atoms with Gasteiger partial charge in [-0.3, -0.25) is 24.1 Å². The van der Waals surface area contributed by atoms with Crippen LogP contribution in [0, 0.1) is 29.1 Å². The van der Waals surface area contributed by atoms with Gasteiger partial charge < -0.3 is 4.74 Å². The van der Waals surface area contributed by atoms with Gasteiger partial charge in [0.1, 0.15) is 0 Å². The second kappa shape index (κ2) is 10.3. The van der Waals surface area contributed by atoms with Crippen molar-refractivity contribution < 1.29 is 23.9 Å². The lowest BCUT2D eigenvalue weighted by atomic mass is 9.83. The van der Waals surface area contributed by atoms with Crippen LogP contribution >= 0.6 is 0 Å². The van der Waals surface area contributed by atoms with Gasteiger partial charge in [-0.1, -0.05) is 47.7 Å². The van der Waals surface area contributed by atoms with Crippen molar-refractivity contribution in [1.29, 1.82) is 0 Å². The summed E-state index contributed by atoms with van der Waals surface area (Å²) in [7, 11) is 0. The van der Waals surface area contributed by atoms with Crippen molar-refractivity contribution in [1.82, 2.24) is 19.9 Å². The highest BCUT2D eigenvalue weighted by Gasteiger charge is 2.59. The summed E-state index contributed by atoms with van der Waals surface area (Å²) in [6.45, 7) is 5.63. The first kappa shape index (κ1) is 26.0. The number of amides is 2. The lowest BCUT2D eigenvalue weighted by molar-refractivity contribution is -0.154. The van der Waals surface area contributed by atoms with Gasteiger partial charge in [-0.25, -0.2) is 4.68 Å². The van der Waals surface area contributed by atoms with Crippen molar-refractivity contribution in [2.45, 2.75) is 52.5 Å². The summed E-state index contributed by atoms with van der Waals surface area (Å²) in [4.78, 5) is 52.3. The average Bonchev–Trinajstić information content (AvgIpc) is 3.69. The molecule has 9 heteroatoms. The van der Waals surface area contributed by atoms with Gasteiger partial charge in [0.25, 0.3) is 0 Å². The smallest absolute Gasteiger partial charge is 0.311 e. The van der Waals surface area contributed by atoms with Crippen molar-refractivity contribution in [3.05, 3.63) is 59.9 Å². The number of aryl methyl sites for hydroxylation is 1. The number of imide groups is 1. The molecular weight excluding hydrogens is 484 g/mol. The minimum Gasteiger partial charge on any atom is -0.466 e. The molecule has 200 valence electrons. The summed E-state index contributed by atoms with van der Waals surface area (Å²) in [5.41, 5.74) is 0.865. The quantitative estimate of drug-likeness (QED) is 0.255. The molecule has 1 saturated heterocycles. The van der Waals surface area contributed by atoms with Gasteiger partial charge in [0.2, 0.25) is 11.8 Å².